The molecule has 1 aliphatic heterocycles. The van der Waals surface area contributed by atoms with Gasteiger partial charge in [0.05, 0.1) is 5.71 Å². The van der Waals surface area contributed by atoms with E-state index in [2.05, 4.69) is 5.16 Å². The highest BCUT2D eigenvalue weighted by Gasteiger charge is 2.56. The Hall–Kier alpha value is -0.610. The molecule has 0 bridgehead atoms. The zero-order valence-corrected chi connectivity index (χ0v) is 7.99. The van der Waals surface area contributed by atoms with Crippen molar-refractivity contribution in [2.75, 3.05) is 7.11 Å². The topological polar surface area (TPSA) is 51.0 Å². The number of rotatable bonds is 2. The molecule has 4 nitrogen and oxygen atoms in total. The molecule has 74 valence electrons. The van der Waals surface area contributed by atoms with Crippen molar-refractivity contribution < 1.29 is 14.7 Å². The second-order valence-corrected chi connectivity index (χ2v) is 3.81. The monoisotopic (exact) mass is 185 g/mol. The Morgan fingerprint density at radius 2 is 2.54 bits per heavy atom. The van der Waals surface area contributed by atoms with Gasteiger partial charge in [-0.2, -0.15) is 0 Å². The Balaban J connectivity index is 2.23. The van der Waals surface area contributed by atoms with Crippen LogP contribution in [0, 0.1) is 5.92 Å². The van der Waals surface area contributed by atoms with Gasteiger partial charge in [-0.05, 0) is 26.2 Å². The van der Waals surface area contributed by atoms with E-state index in [-0.39, 0.29) is 5.92 Å². The van der Waals surface area contributed by atoms with Crippen LogP contribution in [-0.4, -0.2) is 29.8 Å². The van der Waals surface area contributed by atoms with Crippen LogP contribution in [0.2, 0.25) is 0 Å². The predicted octanol–water partition coefficient (Wildman–Crippen LogP) is 0.896. The number of aliphatic hydroxyl groups is 1. The lowest BCUT2D eigenvalue weighted by Gasteiger charge is -2.30. The van der Waals surface area contributed by atoms with Gasteiger partial charge in [0.2, 0.25) is 0 Å². The highest BCUT2D eigenvalue weighted by atomic mass is 16.7. The molecule has 1 heterocycles. The molecule has 0 aromatic heterocycles. The van der Waals surface area contributed by atoms with Gasteiger partial charge in [-0.1, -0.05) is 5.16 Å². The highest BCUT2D eigenvalue weighted by Crippen LogP contribution is 2.46. The number of hydrogen-bond acceptors (Lipinski definition) is 4. The lowest BCUT2D eigenvalue weighted by molar-refractivity contribution is -0.219. The van der Waals surface area contributed by atoms with Crippen molar-refractivity contribution in [3.05, 3.63) is 0 Å². The normalized spacial score (nSPS) is 39.6. The fourth-order valence-electron chi connectivity index (χ4n) is 2.43. The fraction of sp³-hybridized carbons (Fsp3) is 0.889. The molecule has 0 spiro atoms. The van der Waals surface area contributed by atoms with Crippen LogP contribution >= 0.6 is 0 Å². The summed E-state index contributed by atoms with van der Waals surface area (Å²) in [5.74, 6) is 0.238. The van der Waals surface area contributed by atoms with Crippen LogP contribution in [0.1, 0.15) is 26.2 Å². The quantitative estimate of drug-likeness (QED) is 0.650. The molecule has 1 N–H and O–H groups in total. The summed E-state index contributed by atoms with van der Waals surface area (Å²) in [4.78, 5) is 5.34. The van der Waals surface area contributed by atoms with E-state index in [1.807, 2.05) is 6.92 Å². The maximum atomic E-state index is 9.72. The number of hydrogen-bond donors (Lipinski definition) is 1. The van der Waals surface area contributed by atoms with Crippen molar-refractivity contribution >= 4 is 5.71 Å². The molecule has 1 aliphatic carbocycles. The molecular formula is C9H15NO3. The van der Waals surface area contributed by atoms with Crippen molar-refractivity contribution in [1.29, 1.82) is 0 Å². The van der Waals surface area contributed by atoms with Gasteiger partial charge in [-0.25, -0.2) is 0 Å². The average Bonchev–Trinajstić information content (AvgIpc) is 2.67. The second kappa shape index (κ2) is 2.96. The van der Waals surface area contributed by atoms with Gasteiger partial charge in [0.1, 0.15) is 0 Å². The first kappa shape index (κ1) is 8.97. The van der Waals surface area contributed by atoms with Crippen molar-refractivity contribution in [3.63, 3.8) is 0 Å². The number of aliphatic hydroxyl groups excluding tert-OH is 1. The van der Waals surface area contributed by atoms with Crippen LogP contribution in [0.3, 0.4) is 0 Å². The van der Waals surface area contributed by atoms with Crippen LogP contribution in [0.15, 0.2) is 5.16 Å². The molecule has 0 amide bonds. The minimum atomic E-state index is -0.860. The second-order valence-electron chi connectivity index (χ2n) is 3.81. The van der Waals surface area contributed by atoms with Gasteiger partial charge in [-0.3, -0.25) is 0 Å². The first-order valence-corrected chi connectivity index (χ1v) is 4.64. The molecule has 3 atom stereocenters. The molecule has 2 rings (SSSR count). The van der Waals surface area contributed by atoms with E-state index in [1.165, 1.54) is 7.11 Å². The van der Waals surface area contributed by atoms with Gasteiger partial charge in [0, 0.05) is 13.0 Å². The Morgan fingerprint density at radius 3 is 3.23 bits per heavy atom. The Bertz CT molecular complexity index is 241. The molecule has 13 heavy (non-hydrogen) atoms. The smallest absolute Gasteiger partial charge is 0.198 e. The first-order valence-electron chi connectivity index (χ1n) is 4.64. The first-order chi connectivity index (χ1) is 6.20. The van der Waals surface area contributed by atoms with Crippen LogP contribution in [0.25, 0.3) is 0 Å². The maximum Gasteiger partial charge on any atom is 0.198 e. The van der Waals surface area contributed by atoms with Crippen LogP contribution in [0.5, 0.6) is 0 Å². The van der Waals surface area contributed by atoms with Crippen LogP contribution in [0.4, 0.5) is 0 Å². The standard InChI is InChI=1S/C9H15NO3/c1-6-7-4-3-5-9(7,13-10-6)8(11)12-2/h7-8,11H,3-5H2,1-2H3. The lowest BCUT2D eigenvalue weighted by atomic mass is 9.87. The summed E-state index contributed by atoms with van der Waals surface area (Å²) in [5, 5.41) is 13.7. The lowest BCUT2D eigenvalue weighted by Crippen LogP contribution is -2.46. The Kier molecular flexibility index (Phi) is 2.04. The van der Waals surface area contributed by atoms with Gasteiger partial charge in [0.15, 0.2) is 11.9 Å². The minimum absolute atomic E-state index is 0.238. The fourth-order valence-corrected chi connectivity index (χ4v) is 2.43. The van der Waals surface area contributed by atoms with E-state index in [0.717, 1.165) is 25.0 Å². The van der Waals surface area contributed by atoms with E-state index in [1.54, 1.807) is 0 Å². The number of fused-ring (bicyclic) bond motifs is 1. The molecular weight excluding hydrogens is 170 g/mol. The molecule has 1 fully saturated rings. The third kappa shape index (κ3) is 1.09. The SMILES string of the molecule is COC(O)C12CCCC1C(C)=NO2. The van der Waals surface area contributed by atoms with Gasteiger partial charge in [-0.15, -0.1) is 0 Å². The van der Waals surface area contributed by atoms with Crippen molar-refractivity contribution in [1.82, 2.24) is 0 Å². The summed E-state index contributed by atoms with van der Waals surface area (Å²) in [5.41, 5.74) is 0.396. The van der Waals surface area contributed by atoms with E-state index < -0.39 is 11.9 Å². The summed E-state index contributed by atoms with van der Waals surface area (Å²) in [7, 11) is 1.49. The Labute approximate surface area is 77.5 Å². The van der Waals surface area contributed by atoms with E-state index in [9.17, 15) is 5.11 Å². The number of nitrogens with zero attached hydrogens (tertiary/aromatic N) is 1. The maximum absolute atomic E-state index is 9.72. The van der Waals surface area contributed by atoms with Gasteiger partial charge >= 0.3 is 0 Å². The summed E-state index contributed by atoms with van der Waals surface area (Å²) in [6.45, 7) is 1.94. The zero-order chi connectivity index (χ0) is 9.47. The molecule has 1 saturated carbocycles. The average molecular weight is 185 g/mol. The molecule has 0 aromatic carbocycles. The van der Waals surface area contributed by atoms with Crippen molar-refractivity contribution in [3.8, 4) is 0 Å². The number of methoxy groups -OCH3 is 1. The van der Waals surface area contributed by atoms with E-state index >= 15 is 0 Å². The molecule has 2 aliphatic rings. The highest BCUT2D eigenvalue weighted by molar-refractivity contribution is 5.86. The largest absolute Gasteiger partial charge is 0.383 e. The predicted molar refractivity (Wildman–Crippen MR) is 47.3 cm³/mol. The summed E-state index contributed by atoms with van der Waals surface area (Å²) < 4.78 is 4.94. The van der Waals surface area contributed by atoms with Gasteiger partial charge < -0.3 is 14.7 Å². The van der Waals surface area contributed by atoms with Crippen molar-refractivity contribution in [2.24, 2.45) is 11.1 Å². The molecule has 3 unspecified atom stereocenters. The third-order valence-corrected chi connectivity index (χ3v) is 3.16. The van der Waals surface area contributed by atoms with Crippen LogP contribution in [-0.2, 0) is 9.57 Å². The molecule has 0 saturated heterocycles. The van der Waals surface area contributed by atoms with Gasteiger partial charge in [0.25, 0.3) is 0 Å². The summed E-state index contributed by atoms with van der Waals surface area (Å²) >= 11 is 0. The molecule has 4 heteroatoms. The minimum Gasteiger partial charge on any atom is -0.383 e. The zero-order valence-electron chi connectivity index (χ0n) is 7.99. The third-order valence-electron chi connectivity index (χ3n) is 3.16. The van der Waals surface area contributed by atoms with Crippen molar-refractivity contribution in [2.45, 2.75) is 38.1 Å². The number of ether oxygens (including phenoxy) is 1. The Morgan fingerprint density at radius 1 is 1.77 bits per heavy atom. The summed E-state index contributed by atoms with van der Waals surface area (Å²) in [6, 6.07) is 0. The van der Waals surface area contributed by atoms with E-state index in [4.69, 9.17) is 9.57 Å². The molecule has 0 aromatic rings. The van der Waals surface area contributed by atoms with E-state index in [0.29, 0.717) is 0 Å². The molecule has 0 radical (unpaired) electrons. The van der Waals surface area contributed by atoms with Crippen LogP contribution < -0.4 is 0 Å². The summed E-state index contributed by atoms with van der Waals surface area (Å²) in [6.07, 6.45) is 2.07. The number of oxime groups is 1.